The highest BCUT2D eigenvalue weighted by atomic mass is 16.1. The molecule has 0 spiro atoms. The first-order chi connectivity index (χ1) is 8.18. The Balaban J connectivity index is 1.67. The summed E-state index contributed by atoms with van der Waals surface area (Å²) in [6.07, 6.45) is 8.31. The van der Waals surface area contributed by atoms with Crippen molar-refractivity contribution in [3.05, 3.63) is 18.5 Å². The molecule has 1 fully saturated rings. The molecule has 0 aromatic carbocycles. The maximum atomic E-state index is 11.7. The number of nitrogens with two attached hydrogens (primary N) is 1. The first kappa shape index (κ1) is 12.1. The molecule has 1 aromatic heterocycles. The fourth-order valence-corrected chi connectivity index (χ4v) is 2.38. The van der Waals surface area contributed by atoms with Gasteiger partial charge in [0, 0.05) is 30.9 Å². The monoisotopic (exact) mass is 236 g/mol. The zero-order chi connectivity index (χ0) is 12.1. The first-order valence-corrected chi connectivity index (χ1v) is 6.21. The molecule has 0 radical (unpaired) electrons. The van der Waals surface area contributed by atoms with E-state index in [1.807, 2.05) is 12.3 Å². The lowest BCUT2D eigenvalue weighted by molar-refractivity contribution is -0.122. The van der Waals surface area contributed by atoms with Crippen molar-refractivity contribution in [3.8, 4) is 0 Å². The number of nitrogens with one attached hydrogen (secondary N) is 1. The SMILES string of the molecule is NC1(CC(=O)NCCn2cccn2)CCCC1. The molecule has 3 N–H and O–H groups in total. The third kappa shape index (κ3) is 3.56. The van der Waals surface area contributed by atoms with Gasteiger partial charge in [0.2, 0.25) is 5.91 Å². The lowest BCUT2D eigenvalue weighted by Crippen LogP contribution is -2.42. The van der Waals surface area contributed by atoms with E-state index in [0.29, 0.717) is 19.5 Å². The van der Waals surface area contributed by atoms with Gasteiger partial charge in [0.15, 0.2) is 0 Å². The first-order valence-electron chi connectivity index (χ1n) is 6.21. The van der Waals surface area contributed by atoms with E-state index in [0.717, 1.165) is 25.7 Å². The minimum absolute atomic E-state index is 0.0570. The van der Waals surface area contributed by atoms with Gasteiger partial charge in [0.25, 0.3) is 0 Å². The molecule has 1 amide bonds. The van der Waals surface area contributed by atoms with Gasteiger partial charge in [-0.3, -0.25) is 9.48 Å². The molecular weight excluding hydrogens is 216 g/mol. The molecule has 1 aliphatic carbocycles. The van der Waals surface area contributed by atoms with Crippen molar-refractivity contribution < 1.29 is 4.79 Å². The van der Waals surface area contributed by atoms with Gasteiger partial charge in [-0.2, -0.15) is 5.10 Å². The number of rotatable bonds is 5. The Hall–Kier alpha value is -1.36. The van der Waals surface area contributed by atoms with Gasteiger partial charge < -0.3 is 11.1 Å². The predicted octanol–water partition coefficient (Wildman–Crippen LogP) is 0.661. The topological polar surface area (TPSA) is 72.9 Å². The van der Waals surface area contributed by atoms with Crippen LogP contribution in [0.25, 0.3) is 0 Å². The van der Waals surface area contributed by atoms with E-state index in [4.69, 9.17) is 5.73 Å². The second-order valence-electron chi connectivity index (χ2n) is 4.87. The highest BCUT2D eigenvalue weighted by Gasteiger charge is 2.31. The molecule has 0 saturated heterocycles. The molecule has 1 aromatic rings. The van der Waals surface area contributed by atoms with E-state index < -0.39 is 0 Å². The minimum Gasteiger partial charge on any atom is -0.354 e. The summed E-state index contributed by atoms with van der Waals surface area (Å²) in [7, 11) is 0. The summed E-state index contributed by atoms with van der Waals surface area (Å²) in [4.78, 5) is 11.7. The third-order valence-corrected chi connectivity index (χ3v) is 3.33. The van der Waals surface area contributed by atoms with Crippen molar-refractivity contribution in [2.75, 3.05) is 6.54 Å². The Labute approximate surface area is 101 Å². The van der Waals surface area contributed by atoms with Crippen LogP contribution in [-0.4, -0.2) is 27.8 Å². The molecule has 0 aliphatic heterocycles. The fourth-order valence-electron chi connectivity index (χ4n) is 2.38. The average molecular weight is 236 g/mol. The largest absolute Gasteiger partial charge is 0.354 e. The number of hydrogen-bond donors (Lipinski definition) is 2. The van der Waals surface area contributed by atoms with Crippen LogP contribution in [0, 0.1) is 0 Å². The van der Waals surface area contributed by atoms with Crippen LogP contribution in [-0.2, 0) is 11.3 Å². The van der Waals surface area contributed by atoms with Crippen molar-refractivity contribution in [1.82, 2.24) is 15.1 Å². The number of hydrogen-bond acceptors (Lipinski definition) is 3. The molecule has 0 unspecified atom stereocenters. The van der Waals surface area contributed by atoms with Gasteiger partial charge in [-0.15, -0.1) is 0 Å². The normalized spacial score (nSPS) is 18.2. The van der Waals surface area contributed by atoms with Gasteiger partial charge in [-0.25, -0.2) is 0 Å². The second-order valence-corrected chi connectivity index (χ2v) is 4.87. The van der Waals surface area contributed by atoms with Gasteiger partial charge in [0.1, 0.15) is 0 Å². The molecule has 0 bridgehead atoms. The summed E-state index contributed by atoms with van der Waals surface area (Å²) in [5.74, 6) is 0.0570. The zero-order valence-corrected chi connectivity index (χ0v) is 10.1. The van der Waals surface area contributed by atoms with Crippen LogP contribution in [0.2, 0.25) is 0 Å². The predicted molar refractivity (Wildman–Crippen MR) is 65.2 cm³/mol. The van der Waals surface area contributed by atoms with Crippen molar-refractivity contribution in [2.45, 2.75) is 44.2 Å². The number of nitrogens with zero attached hydrogens (tertiary/aromatic N) is 2. The van der Waals surface area contributed by atoms with Crippen molar-refractivity contribution >= 4 is 5.91 Å². The molecule has 1 saturated carbocycles. The average Bonchev–Trinajstić information content (AvgIpc) is 2.90. The fraction of sp³-hybridized carbons (Fsp3) is 0.667. The maximum Gasteiger partial charge on any atom is 0.221 e. The van der Waals surface area contributed by atoms with Crippen LogP contribution in [0.3, 0.4) is 0 Å². The van der Waals surface area contributed by atoms with Crippen molar-refractivity contribution in [3.63, 3.8) is 0 Å². The van der Waals surface area contributed by atoms with Crippen LogP contribution >= 0.6 is 0 Å². The Morgan fingerprint density at radius 1 is 1.47 bits per heavy atom. The van der Waals surface area contributed by atoms with E-state index in [1.165, 1.54) is 0 Å². The number of carbonyl (C=O) groups is 1. The van der Waals surface area contributed by atoms with E-state index in [9.17, 15) is 4.79 Å². The summed E-state index contributed by atoms with van der Waals surface area (Å²) < 4.78 is 1.80. The maximum absolute atomic E-state index is 11.7. The van der Waals surface area contributed by atoms with Gasteiger partial charge >= 0.3 is 0 Å². The van der Waals surface area contributed by atoms with E-state index in [2.05, 4.69) is 10.4 Å². The second kappa shape index (κ2) is 5.31. The Bertz CT molecular complexity index is 355. The molecule has 5 heteroatoms. The Morgan fingerprint density at radius 3 is 2.88 bits per heavy atom. The van der Waals surface area contributed by atoms with Crippen LogP contribution in [0.15, 0.2) is 18.5 Å². The minimum atomic E-state index is -0.254. The summed E-state index contributed by atoms with van der Waals surface area (Å²) in [5.41, 5.74) is 5.89. The standard InChI is InChI=1S/C12H20N4O/c13-12(4-1-2-5-12)10-11(17)14-7-9-16-8-3-6-15-16/h3,6,8H,1-2,4-5,7,9-10,13H2,(H,14,17). The van der Waals surface area contributed by atoms with Crippen molar-refractivity contribution in [1.29, 1.82) is 0 Å². The third-order valence-electron chi connectivity index (χ3n) is 3.33. The van der Waals surface area contributed by atoms with Gasteiger partial charge in [-0.05, 0) is 18.9 Å². The van der Waals surface area contributed by atoms with Gasteiger partial charge in [-0.1, -0.05) is 12.8 Å². The van der Waals surface area contributed by atoms with E-state index in [1.54, 1.807) is 10.9 Å². The van der Waals surface area contributed by atoms with E-state index in [-0.39, 0.29) is 11.4 Å². The molecule has 1 heterocycles. The highest BCUT2D eigenvalue weighted by molar-refractivity contribution is 5.77. The summed E-state index contributed by atoms with van der Waals surface area (Å²) in [6, 6.07) is 1.87. The van der Waals surface area contributed by atoms with Crippen LogP contribution in [0.1, 0.15) is 32.1 Å². The molecule has 94 valence electrons. The number of aromatic nitrogens is 2. The smallest absolute Gasteiger partial charge is 0.221 e. The van der Waals surface area contributed by atoms with E-state index >= 15 is 0 Å². The number of carbonyl (C=O) groups excluding carboxylic acids is 1. The molecule has 5 nitrogen and oxygen atoms in total. The Kier molecular flexibility index (Phi) is 3.78. The summed E-state index contributed by atoms with van der Waals surface area (Å²) in [5, 5.41) is 6.96. The Morgan fingerprint density at radius 2 is 2.24 bits per heavy atom. The molecule has 17 heavy (non-hydrogen) atoms. The lowest BCUT2D eigenvalue weighted by atomic mass is 9.94. The van der Waals surface area contributed by atoms with Crippen LogP contribution < -0.4 is 11.1 Å². The summed E-state index contributed by atoms with van der Waals surface area (Å²) >= 11 is 0. The number of amides is 1. The lowest BCUT2D eigenvalue weighted by Gasteiger charge is -2.22. The molecular formula is C12H20N4O. The highest BCUT2D eigenvalue weighted by Crippen LogP contribution is 2.29. The quantitative estimate of drug-likeness (QED) is 0.789. The van der Waals surface area contributed by atoms with Crippen molar-refractivity contribution in [2.24, 2.45) is 5.73 Å². The molecule has 0 atom stereocenters. The summed E-state index contributed by atoms with van der Waals surface area (Å²) in [6.45, 7) is 1.31. The van der Waals surface area contributed by atoms with Gasteiger partial charge in [0.05, 0.1) is 6.54 Å². The van der Waals surface area contributed by atoms with Crippen LogP contribution in [0.4, 0.5) is 0 Å². The molecule has 1 aliphatic rings. The van der Waals surface area contributed by atoms with Crippen LogP contribution in [0.5, 0.6) is 0 Å². The molecule has 2 rings (SSSR count). The zero-order valence-electron chi connectivity index (χ0n) is 10.1.